The Morgan fingerprint density at radius 1 is 1.10 bits per heavy atom. The molecule has 0 aliphatic heterocycles. The van der Waals surface area contributed by atoms with Gasteiger partial charge in [-0.3, -0.25) is 0 Å². The van der Waals surface area contributed by atoms with E-state index in [0.29, 0.717) is 6.04 Å². The largest absolute Gasteiger partial charge is 0.444 e. The molecule has 2 unspecified atom stereocenters. The van der Waals surface area contributed by atoms with Gasteiger partial charge < -0.3 is 15.4 Å². The van der Waals surface area contributed by atoms with E-state index >= 15 is 0 Å². The third-order valence-corrected chi connectivity index (χ3v) is 3.93. The van der Waals surface area contributed by atoms with Gasteiger partial charge in [0, 0.05) is 12.6 Å². The predicted molar refractivity (Wildman–Crippen MR) is 87.5 cm³/mol. The maximum Gasteiger partial charge on any atom is 0.408 e. The second-order valence-electron chi connectivity index (χ2n) is 8.20. The Morgan fingerprint density at radius 2 is 1.76 bits per heavy atom. The number of carbonyl (C=O) groups excluding carboxylic acids is 1. The monoisotopic (exact) mass is 298 g/mol. The van der Waals surface area contributed by atoms with Crippen molar-refractivity contribution in [3.05, 3.63) is 0 Å². The molecule has 21 heavy (non-hydrogen) atoms. The Morgan fingerprint density at radius 3 is 2.38 bits per heavy atom. The minimum absolute atomic E-state index is 0.305. The molecule has 0 aromatic carbocycles. The zero-order chi connectivity index (χ0) is 16.1. The average Bonchev–Trinajstić information content (AvgIpc) is 2.48. The van der Waals surface area contributed by atoms with Crippen molar-refractivity contribution in [2.24, 2.45) is 5.92 Å². The molecule has 4 heteroatoms. The van der Waals surface area contributed by atoms with Crippen molar-refractivity contribution in [3.63, 3.8) is 0 Å². The third kappa shape index (κ3) is 8.30. The number of carbonyl (C=O) groups is 1. The van der Waals surface area contributed by atoms with Crippen LogP contribution in [-0.4, -0.2) is 29.8 Å². The number of hydrogen-bond donors (Lipinski definition) is 2. The molecule has 2 atom stereocenters. The van der Waals surface area contributed by atoms with E-state index < -0.39 is 5.60 Å². The summed E-state index contributed by atoms with van der Waals surface area (Å²) in [5, 5.41) is 6.57. The van der Waals surface area contributed by atoms with Gasteiger partial charge in [-0.2, -0.15) is 0 Å². The van der Waals surface area contributed by atoms with E-state index in [4.69, 9.17) is 4.74 Å². The van der Waals surface area contributed by atoms with Crippen LogP contribution < -0.4 is 10.6 Å². The highest BCUT2D eigenvalue weighted by Crippen LogP contribution is 2.22. The van der Waals surface area contributed by atoms with Crippen molar-refractivity contribution < 1.29 is 9.53 Å². The van der Waals surface area contributed by atoms with Crippen molar-refractivity contribution in [1.82, 2.24) is 10.6 Å². The molecule has 1 aliphatic rings. The Hall–Kier alpha value is -0.770. The minimum Gasteiger partial charge on any atom is -0.444 e. The molecule has 1 fully saturated rings. The fourth-order valence-electron chi connectivity index (χ4n) is 2.71. The molecule has 1 saturated carbocycles. The number of nitrogens with one attached hydrogen (secondary N) is 2. The fraction of sp³-hybridized carbons (Fsp3) is 0.941. The van der Waals surface area contributed by atoms with E-state index in [1.807, 2.05) is 34.6 Å². The van der Waals surface area contributed by atoms with Crippen LogP contribution in [0.2, 0.25) is 0 Å². The SMILES string of the molecule is CC1CCCC(NCC(C)(C)NC(=O)OC(C)(C)C)CC1. The third-order valence-electron chi connectivity index (χ3n) is 3.93. The average molecular weight is 298 g/mol. The highest BCUT2D eigenvalue weighted by Gasteiger charge is 2.25. The topological polar surface area (TPSA) is 50.4 Å². The highest BCUT2D eigenvalue weighted by molar-refractivity contribution is 5.68. The number of ether oxygens (including phenoxy) is 1. The molecular formula is C17H34N2O2. The van der Waals surface area contributed by atoms with Crippen molar-refractivity contribution in [2.75, 3.05) is 6.54 Å². The summed E-state index contributed by atoms with van der Waals surface area (Å²) in [6.07, 6.45) is 6.09. The number of alkyl carbamates (subject to hydrolysis) is 1. The van der Waals surface area contributed by atoms with Crippen LogP contribution in [0.3, 0.4) is 0 Å². The molecular weight excluding hydrogens is 264 g/mol. The lowest BCUT2D eigenvalue weighted by Crippen LogP contribution is -2.53. The molecule has 1 amide bonds. The Balaban J connectivity index is 2.36. The number of amides is 1. The maximum atomic E-state index is 11.9. The summed E-state index contributed by atoms with van der Waals surface area (Å²) in [7, 11) is 0. The first-order chi connectivity index (χ1) is 9.57. The molecule has 124 valence electrons. The second-order valence-corrected chi connectivity index (χ2v) is 8.20. The van der Waals surface area contributed by atoms with Gasteiger partial charge in [-0.25, -0.2) is 4.79 Å². The zero-order valence-electron chi connectivity index (χ0n) is 14.7. The van der Waals surface area contributed by atoms with Crippen LogP contribution in [0, 0.1) is 5.92 Å². The fourth-order valence-corrected chi connectivity index (χ4v) is 2.71. The van der Waals surface area contributed by atoms with Gasteiger partial charge >= 0.3 is 6.09 Å². The van der Waals surface area contributed by atoms with E-state index in [1.165, 1.54) is 32.1 Å². The number of rotatable bonds is 4. The van der Waals surface area contributed by atoms with Crippen LogP contribution in [0.5, 0.6) is 0 Å². The van der Waals surface area contributed by atoms with E-state index in [2.05, 4.69) is 17.6 Å². The van der Waals surface area contributed by atoms with Gasteiger partial charge in [0.15, 0.2) is 0 Å². The Bertz CT molecular complexity index is 334. The lowest BCUT2D eigenvalue weighted by molar-refractivity contribution is 0.0470. The molecule has 0 aromatic rings. The normalized spacial score (nSPS) is 24.3. The molecule has 1 rings (SSSR count). The summed E-state index contributed by atoms with van der Waals surface area (Å²) in [6, 6.07) is 0.578. The van der Waals surface area contributed by atoms with Gasteiger partial charge in [-0.05, 0) is 59.8 Å². The summed E-state index contributed by atoms with van der Waals surface area (Å²) in [4.78, 5) is 11.9. The van der Waals surface area contributed by atoms with Crippen molar-refractivity contribution in [2.45, 2.75) is 90.8 Å². The molecule has 2 N–H and O–H groups in total. The zero-order valence-corrected chi connectivity index (χ0v) is 14.7. The van der Waals surface area contributed by atoms with Crippen LogP contribution in [0.15, 0.2) is 0 Å². The molecule has 0 spiro atoms. The first-order valence-electron chi connectivity index (χ1n) is 8.32. The molecule has 0 heterocycles. The highest BCUT2D eigenvalue weighted by atomic mass is 16.6. The Kier molecular flexibility index (Phi) is 6.51. The number of hydrogen-bond acceptors (Lipinski definition) is 3. The van der Waals surface area contributed by atoms with Crippen LogP contribution in [-0.2, 0) is 4.74 Å². The van der Waals surface area contributed by atoms with E-state index in [1.54, 1.807) is 0 Å². The van der Waals surface area contributed by atoms with Gasteiger partial charge in [0.2, 0.25) is 0 Å². The summed E-state index contributed by atoms with van der Waals surface area (Å²) in [5.41, 5.74) is -0.759. The first-order valence-corrected chi connectivity index (χ1v) is 8.32. The van der Waals surface area contributed by atoms with Crippen LogP contribution >= 0.6 is 0 Å². The molecule has 0 radical (unpaired) electrons. The molecule has 1 aliphatic carbocycles. The smallest absolute Gasteiger partial charge is 0.408 e. The molecule has 0 aromatic heterocycles. The van der Waals surface area contributed by atoms with E-state index in [9.17, 15) is 4.79 Å². The van der Waals surface area contributed by atoms with Gasteiger partial charge in [-0.15, -0.1) is 0 Å². The van der Waals surface area contributed by atoms with Crippen LogP contribution in [0.1, 0.15) is 73.6 Å². The van der Waals surface area contributed by atoms with Crippen LogP contribution in [0.4, 0.5) is 4.79 Å². The van der Waals surface area contributed by atoms with Crippen molar-refractivity contribution in [3.8, 4) is 0 Å². The first kappa shape index (κ1) is 18.3. The molecule has 0 saturated heterocycles. The summed E-state index contributed by atoms with van der Waals surface area (Å²) in [6.45, 7) is 12.8. The quantitative estimate of drug-likeness (QED) is 0.775. The molecule has 0 bridgehead atoms. The van der Waals surface area contributed by atoms with E-state index in [-0.39, 0.29) is 11.6 Å². The van der Waals surface area contributed by atoms with Gasteiger partial charge in [-0.1, -0.05) is 19.8 Å². The van der Waals surface area contributed by atoms with Gasteiger partial charge in [0.05, 0.1) is 5.54 Å². The van der Waals surface area contributed by atoms with Crippen molar-refractivity contribution in [1.29, 1.82) is 0 Å². The standard InChI is InChI=1S/C17H34N2O2/c1-13-8-7-9-14(11-10-13)18-12-17(5,6)19-15(20)21-16(2,3)4/h13-14,18H,7-12H2,1-6H3,(H,19,20). The molecule has 4 nitrogen and oxygen atoms in total. The van der Waals surface area contributed by atoms with Crippen LogP contribution in [0.25, 0.3) is 0 Å². The van der Waals surface area contributed by atoms with Gasteiger partial charge in [0.25, 0.3) is 0 Å². The predicted octanol–water partition coefficient (Wildman–Crippen LogP) is 3.85. The second kappa shape index (κ2) is 7.48. The maximum absolute atomic E-state index is 11.9. The summed E-state index contributed by atoms with van der Waals surface area (Å²) >= 11 is 0. The summed E-state index contributed by atoms with van der Waals surface area (Å²) < 4.78 is 5.32. The lowest BCUT2D eigenvalue weighted by atomic mass is 10.0. The lowest BCUT2D eigenvalue weighted by Gasteiger charge is -2.30. The van der Waals surface area contributed by atoms with E-state index in [0.717, 1.165) is 12.5 Å². The Labute approximate surface area is 130 Å². The summed E-state index contributed by atoms with van der Waals surface area (Å²) in [5.74, 6) is 0.852. The van der Waals surface area contributed by atoms with Crippen molar-refractivity contribution >= 4 is 6.09 Å². The minimum atomic E-state index is -0.453. The van der Waals surface area contributed by atoms with Gasteiger partial charge in [0.1, 0.15) is 5.60 Å².